The lowest BCUT2D eigenvalue weighted by Gasteiger charge is -2.19. The molecule has 1 aromatic rings. The lowest BCUT2D eigenvalue weighted by atomic mass is 10.2. The van der Waals surface area contributed by atoms with E-state index in [1.165, 1.54) is 4.90 Å². The van der Waals surface area contributed by atoms with Crippen molar-refractivity contribution in [2.24, 2.45) is 10.1 Å². The van der Waals surface area contributed by atoms with Crippen LogP contribution in [0.5, 0.6) is 0 Å². The molecule has 0 aliphatic carbocycles. The third-order valence-corrected chi connectivity index (χ3v) is 4.19. The Hall–Kier alpha value is -1.08. The maximum absolute atomic E-state index is 4.62. The zero-order chi connectivity index (χ0) is 14.5. The third kappa shape index (κ3) is 3.73. The molecule has 104 valence electrons. The molecular formula is C15H16IN3S. The molecule has 0 saturated carbocycles. The Morgan fingerprint density at radius 1 is 1.35 bits per heavy atom. The van der Waals surface area contributed by atoms with E-state index in [9.17, 15) is 0 Å². The van der Waals surface area contributed by atoms with Crippen molar-refractivity contribution in [2.45, 2.75) is 11.8 Å². The van der Waals surface area contributed by atoms with Crippen LogP contribution in [0.3, 0.4) is 0 Å². The fourth-order valence-electron chi connectivity index (χ4n) is 1.80. The minimum absolute atomic E-state index is 0.735. The second-order valence-electron chi connectivity index (χ2n) is 4.15. The Bertz CT molecular complexity index is 605. The van der Waals surface area contributed by atoms with Crippen molar-refractivity contribution in [1.82, 2.24) is 5.01 Å². The van der Waals surface area contributed by atoms with E-state index < -0.39 is 0 Å². The average Bonchev–Trinajstić information content (AvgIpc) is 2.42. The number of hydrogen-bond donors (Lipinski definition) is 0. The lowest BCUT2D eigenvalue weighted by Crippen LogP contribution is -2.24. The van der Waals surface area contributed by atoms with E-state index in [0.29, 0.717) is 0 Å². The molecule has 2 rings (SSSR count). The molecule has 0 N–H and O–H groups in total. The quantitative estimate of drug-likeness (QED) is 0.562. The molecule has 0 saturated heterocycles. The second kappa shape index (κ2) is 7.08. The van der Waals surface area contributed by atoms with Crippen molar-refractivity contribution in [3.63, 3.8) is 0 Å². The van der Waals surface area contributed by atoms with Gasteiger partial charge in [0.1, 0.15) is 0 Å². The van der Waals surface area contributed by atoms with Gasteiger partial charge in [-0.15, -0.1) is 11.8 Å². The molecule has 3 nitrogen and oxygen atoms in total. The number of allylic oxidation sites excluding steroid dienone is 2. The highest BCUT2D eigenvalue weighted by atomic mass is 127. The van der Waals surface area contributed by atoms with Crippen LogP contribution in [0.2, 0.25) is 0 Å². The van der Waals surface area contributed by atoms with Gasteiger partial charge in [-0.3, -0.25) is 5.01 Å². The Morgan fingerprint density at radius 2 is 2.10 bits per heavy atom. The van der Waals surface area contributed by atoms with Crippen molar-refractivity contribution in [3.8, 4) is 0 Å². The first kappa shape index (κ1) is 15.3. The fourth-order valence-corrected chi connectivity index (χ4v) is 3.09. The van der Waals surface area contributed by atoms with Crippen molar-refractivity contribution < 1.29 is 0 Å². The van der Waals surface area contributed by atoms with Crippen LogP contribution in [0.25, 0.3) is 0 Å². The summed E-state index contributed by atoms with van der Waals surface area (Å²) in [5.74, 6) is 1.85. The summed E-state index contributed by atoms with van der Waals surface area (Å²) in [6.07, 6.45) is 3.74. The van der Waals surface area contributed by atoms with Gasteiger partial charge in [-0.05, 0) is 40.5 Å². The summed E-state index contributed by atoms with van der Waals surface area (Å²) < 4.78 is 1.01. The summed E-state index contributed by atoms with van der Waals surface area (Å²) >= 11 is 4.02. The van der Waals surface area contributed by atoms with E-state index in [0.717, 1.165) is 26.4 Å². The minimum atomic E-state index is 0.735. The molecule has 1 heterocycles. The number of nitrogens with zero attached hydrogens (tertiary/aromatic N) is 3. The number of hydrogen-bond acceptors (Lipinski definition) is 4. The first-order valence-corrected chi connectivity index (χ1v) is 8.33. The summed E-state index contributed by atoms with van der Waals surface area (Å²) in [5, 5.41) is 6.21. The normalized spacial score (nSPS) is 22.4. The number of hydrazone groups is 1. The molecule has 5 heteroatoms. The van der Waals surface area contributed by atoms with E-state index in [1.54, 1.807) is 16.8 Å². The van der Waals surface area contributed by atoms with Gasteiger partial charge in [0.05, 0.1) is 11.9 Å². The number of benzene rings is 1. The predicted molar refractivity (Wildman–Crippen MR) is 96.9 cm³/mol. The summed E-state index contributed by atoms with van der Waals surface area (Å²) in [7, 11) is 1.91. The average molecular weight is 397 g/mol. The standard InChI is InChI=1S/C15H16IN3S/c1-4-20-14-8-6-5-7-13(14)15-18-11(2)9-12(16)10-17-19(15)3/h5-10H,2,4H2,1,3H3/b12-9+,17-10-,18-15-. The highest BCUT2D eigenvalue weighted by Gasteiger charge is 2.14. The minimum Gasteiger partial charge on any atom is -0.250 e. The number of aliphatic imine (C=N–C) groups is 1. The molecule has 0 amide bonds. The fraction of sp³-hybridized carbons (Fsp3) is 0.200. The van der Waals surface area contributed by atoms with Gasteiger partial charge >= 0.3 is 0 Å². The van der Waals surface area contributed by atoms with Crippen molar-refractivity contribution in [2.75, 3.05) is 12.8 Å². The SMILES string of the molecule is C=C1/C=C(I)\C=N/N(C)/C(c2ccccc2SCC)=N\1. The van der Waals surface area contributed by atoms with Gasteiger partial charge in [-0.2, -0.15) is 5.10 Å². The van der Waals surface area contributed by atoms with Gasteiger partial charge in [-0.25, -0.2) is 4.99 Å². The third-order valence-electron chi connectivity index (χ3n) is 2.64. The zero-order valence-electron chi connectivity index (χ0n) is 11.5. The van der Waals surface area contributed by atoms with E-state index in [2.05, 4.69) is 58.3 Å². The molecule has 0 spiro atoms. The molecule has 20 heavy (non-hydrogen) atoms. The summed E-state index contributed by atoms with van der Waals surface area (Å²) in [6.45, 7) is 6.13. The molecule has 0 bridgehead atoms. The van der Waals surface area contributed by atoms with Gasteiger partial charge in [0, 0.05) is 21.1 Å². The maximum atomic E-state index is 4.62. The van der Waals surface area contributed by atoms with Crippen LogP contribution in [0, 0.1) is 0 Å². The van der Waals surface area contributed by atoms with Crippen molar-refractivity contribution in [3.05, 3.63) is 51.8 Å². The van der Waals surface area contributed by atoms with Crippen LogP contribution in [-0.2, 0) is 0 Å². The van der Waals surface area contributed by atoms with Gasteiger partial charge in [-0.1, -0.05) is 31.7 Å². The predicted octanol–water partition coefficient (Wildman–Crippen LogP) is 4.31. The van der Waals surface area contributed by atoms with Crippen LogP contribution >= 0.6 is 34.4 Å². The highest BCUT2D eigenvalue weighted by molar-refractivity contribution is 14.1. The van der Waals surface area contributed by atoms with E-state index in [1.807, 2.05) is 31.5 Å². The lowest BCUT2D eigenvalue weighted by molar-refractivity contribution is 0.546. The molecule has 1 aromatic carbocycles. The number of rotatable bonds is 3. The van der Waals surface area contributed by atoms with E-state index >= 15 is 0 Å². The Balaban J connectivity index is 2.50. The Morgan fingerprint density at radius 3 is 2.85 bits per heavy atom. The van der Waals surface area contributed by atoms with E-state index in [-0.39, 0.29) is 0 Å². The largest absolute Gasteiger partial charge is 0.250 e. The van der Waals surface area contributed by atoms with Gasteiger partial charge in [0.2, 0.25) is 0 Å². The molecule has 0 atom stereocenters. The smallest absolute Gasteiger partial charge is 0.157 e. The molecular weight excluding hydrogens is 381 g/mol. The first-order chi connectivity index (χ1) is 9.61. The summed E-state index contributed by atoms with van der Waals surface area (Å²) in [4.78, 5) is 5.83. The maximum Gasteiger partial charge on any atom is 0.157 e. The highest BCUT2D eigenvalue weighted by Crippen LogP contribution is 2.25. The molecule has 0 aromatic heterocycles. The first-order valence-electron chi connectivity index (χ1n) is 6.26. The van der Waals surface area contributed by atoms with Crippen molar-refractivity contribution in [1.29, 1.82) is 0 Å². The summed E-state index contributed by atoms with van der Waals surface area (Å²) in [6, 6.07) is 8.26. The monoisotopic (exact) mass is 397 g/mol. The number of halogens is 1. The van der Waals surface area contributed by atoms with Crippen molar-refractivity contribution >= 4 is 46.4 Å². The molecule has 1 aliphatic heterocycles. The van der Waals surface area contributed by atoms with Crippen LogP contribution in [0.15, 0.2) is 61.2 Å². The zero-order valence-corrected chi connectivity index (χ0v) is 14.5. The number of thioether (sulfide) groups is 1. The molecule has 0 unspecified atom stereocenters. The molecule has 0 fully saturated rings. The van der Waals surface area contributed by atoms with Crippen LogP contribution < -0.4 is 0 Å². The second-order valence-corrected chi connectivity index (χ2v) is 6.70. The number of amidine groups is 1. The summed E-state index contributed by atoms with van der Waals surface area (Å²) in [5.41, 5.74) is 1.82. The topological polar surface area (TPSA) is 28.0 Å². The molecule has 1 aliphatic rings. The Labute approximate surface area is 137 Å². The van der Waals surface area contributed by atoms with Crippen LogP contribution in [0.4, 0.5) is 0 Å². The van der Waals surface area contributed by atoms with Crippen LogP contribution in [0.1, 0.15) is 12.5 Å². The van der Waals surface area contributed by atoms with Gasteiger partial charge in [0.25, 0.3) is 0 Å². The van der Waals surface area contributed by atoms with Gasteiger partial charge in [0.15, 0.2) is 5.84 Å². The van der Waals surface area contributed by atoms with E-state index in [4.69, 9.17) is 0 Å². The van der Waals surface area contributed by atoms with Gasteiger partial charge < -0.3 is 0 Å². The van der Waals surface area contributed by atoms with Crippen LogP contribution in [-0.4, -0.2) is 29.9 Å². The molecule has 0 radical (unpaired) electrons. The Kier molecular flexibility index (Phi) is 5.42.